The Hall–Kier alpha value is -3.28. The minimum Gasteiger partial charge on any atom is -0.475 e. The summed E-state index contributed by atoms with van der Waals surface area (Å²) in [4.78, 5) is 25.0. The fraction of sp³-hybridized carbons (Fsp3) is 0.200. The van der Waals surface area contributed by atoms with Gasteiger partial charge in [0, 0.05) is 43.0 Å². The first-order valence-corrected chi connectivity index (χ1v) is 8.38. The van der Waals surface area contributed by atoms with E-state index >= 15 is 0 Å². The summed E-state index contributed by atoms with van der Waals surface area (Å²) in [6.07, 6.45) is 6.73. The number of nitrogens with zero attached hydrogens (tertiary/aromatic N) is 3. The quantitative estimate of drug-likeness (QED) is 0.740. The SMILES string of the molecule is CC(C)Oc1ccc(C(=O)NCc2cccnc2-c2ccncc2)cn1. The maximum Gasteiger partial charge on any atom is 0.253 e. The van der Waals surface area contributed by atoms with Gasteiger partial charge in [-0.3, -0.25) is 14.8 Å². The molecule has 1 amide bonds. The van der Waals surface area contributed by atoms with Crippen molar-refractivity contribution in [2.24, 2.45) is 0 Å². The van der Waals surface area contributed by atoms with E-state index in [0.717, 1.165) is 16.8 Å². The molecular weight excluding hydrogens is 328 g/mol. The van der Waals surface area contributed by atoms with Crippen molar-refractivity contribution >= 4 is 5.91 Å². The fourth-order valence-electron chi connectivity index (χ4n) is 2.45. The normalized spacial score (nSPS) is 10.6. The predicted molar refractivity (Wildman–Crippen MR) is 98.6 cm³/mol. The van der Waals surface area contributed by atoms with Gasteiger partial charge in [0.2, 0.25) is 5.88 Å². The van der Waals surface area contributed by atoms with E-state index in [1.807, 2.05) is 38.1 Å². The lowest BCUT2D eigenvalue weighted by atomic mass is 10.1. The van der Waals surface area contributed by atoms with E-state index in [9.17, 15) is 4.79 Å². The minimum atomic E-state index is -0.196. The van der Waals surface area contributed by atoms with E-state index in [4.69, 9.17) is 4.74 Å². The van der Waals surface area contributed by atoms with Gasteiger partial charge in [-0.15, -0.1) is 0 Å². The summed E-state index contributed by atoms with van der Waals surface area (Å²) in [5, 5.41) is 2.91. The number of hydrogen-bond acceptors (Lipinski definition) is 5. The summed E-state index contributed by atoms with van der Waals surface area (Å²) in [5.74, 6) is 0.307. The lowest BCUT2D eigenvalue weighted by molar-refractivity contribution is 0.0950. The van der Waals surface area contributed by atoms with Crippen LogP contribution in [0, 0.1) is 0 Å². The molecule has 6 heteroatoms. The number of carbonyl (C=O) groups is 1. The number of pyridine rings is 3. The molecule has 0 unspecified atom stereocenters. The van der Waals surface area contributed by atoms with E-state index in [2.05, 4.69) is 20.3 Å². The van der Waals surface area contributed by atoms with Gasteiger partial charge in [0.25, 0.3) is 5.91 Å². The minimum absolute atomic E-state index is 0.0411. The Kier molecular flexibility index (Phi) is 5.53. The van der Waals surface area contributed by atoms with Crippen molar-refractivity contribution in [1.29, 1.82) is 0 Å². The zero-order chi connectivity index (χ0) is 18.4. The molecule has 0 bridgehead atoms. The Bertz CT molecular complexity index is 864. The molecule has 26 heavy (non-hydrogen) atoms. The highest BCUT2D eigenvalue weighted by molar-refractivity contribution is 5.93. The Morgan fingerprint density at radius 3 is 2.58 bits per heavy atom. The first kappa shape index (κ1) is 17.5. The molecule has 6 nitrogen and oxygen atoms in total. The van der Waals surface area contributed by atoms with Crippen LogP contribution >= 0.6 is 0 Å². The molecular formula is C20H20N4O2. The first-order chi connectivity index (χ1) is 12.6. The average Bonchev–Trinajstić information content (AvgIpc) is 2.67. The van der Waals surface area contributed by atoms with Gasteiger partial charge in [0.15, 0.2) is 0 Å². The highest BCUT2D eigenvalue weighted by Gasteiger charge is 2.10. The van der Waals surface area contributed by atoms with E-state index < -0.39 is 0 Å². The Morgan fingerprint density at radius 2 is 1.88 bits per heavy atom. The number of hydrogen-bond donors (Lipinski definition) is 1. The molecule has 0 atom stereocenters. The van der Waals surface area contributed by atoms with Crippen molar-refractivity contribution in [2.75, 3.05) is 0 Å². The van der Waals surface area contributed by atoms with Crippen LogP contribution in [-0.4, -0.2) is 27.0 Å². The number of carbonyl (C=O) groups excluding carboxylic acids is 1. The predicted octanol–water partition coefficient (Wildman–Crippen LogP) is 3.26. The summed E-state index contributed by atoms with van der Waals surface area (Å²) >= 11 is 0. The highest BCUT2D eigenvalue weighted by atomic mass is 16.5. The lowest BCUT2D eigenvalue weighted by Gasteiger charge is -2.11. The average molecular weight is 348 g/mol. The molecule has 0 aliphatic carbocycles. The van der Waals surface area contributed by atoms with Crippen LogP contribution in [0.15, 0.2) is 61.2 Å². The van der Waals surface area contributed by atoms with Crippen LogP contribution in [0.25, 0.3) is 11.3 Å². The second kappa shape index (κ2) is 8.20. The topological polar surface area (TPSA) is 77.0 Å². The summed E-state index contributed by atoms with van der Waals surface area (Å²) < 4.78 is 5.49. The van der Waals surface area contributed by atoms with Crippen LogP contribution in [0.1, 0.15) is 29.8 Å². The summed E-state index contributed by atoms with van der Waals surface area (Å²) in [6.45, 7) is 4.22. The van der Waals surface area contributed by atoms with E-state index in [-0.39, 0.29) is 12.0 Å². The molecule has 0 aliphatic heterocycles. The maximum absolute atomic E-state index is 12.4. The third kappa shape index (κ3) is 4.42. The van der Waals surface area contributed by atoms with Crippen LogP contribution < -0.4 is 10.1 Å². The van der Waals surface area contributed by atoms with Crippen LogP contribution in [0.5, 0.6) is 5.88 Å². The van der Waals surface area contributed by atoms with Gasteiger partial charge in [0.1, 0.15) is 0 Å². The number of aromatic nitrogens is 3. The van der Waals surface area contributed by atoms with Gasteiger partial charge in [-0.2, -0.15) is 0 Å². The molecule has 3 aromatic heterocycles. The summed E-state index contributed by atoms with van der Waals surface area (Å²) in [5.41, 5.74) is 3.20. The molecule has 3 heterocycles. The third-order valence-corrected chi connectivity index (χ3v) is 3.64. The van der Waals surface area contributed by atoms with Crippen molar-refractivity contribution in [3.63, 3.8) is 0 Å². The molecule has 1 N–H and O–H groups in total. The van der Waals surface area contributed by atoms with E-state index in [1.54, 1.807) is 30.7 Å². The molecule has 0 aromatic carbocycles. The highest BCUT2D eigenvalue weighted by Crippen LogP contribution is 2.20. The van der Waals surface area contributed by atoms with Crippen molar-refractivity contribution in [3.8, 4) is 17.1 Å². The maximum atomic E-state index is 12.4. The molecule has 3 aromatic rings. The number of rotatable bonds is 6. The van der Waals surface area contributed by atoms with Gasteiger partial charge < -0.3 is 10.1 Å². The van der Waals surface area contributed by atoms with Gasteiger partial charge in [-0.05, 0) is 43.7 Å². The molecule has 132 valence electrons. The van der Waals surface area contributed by atoms with Crippen molar-refractivity contribution < 1.29 is 9.53 Å². The molecule has 3 rings (SSSR count). The van der Waals surface area contributed by atoms with Gasteiger partial charge in [-0.25, -0.2) is 4.98 Å². The van der Waals surface area contributed by atoms with Crippen molar-refractivity contribution in [1.82, 2.24) is 20.3 Å². The van der Waals surface area contributed by atoms with Gasteiger partial charge in [-0.1, -0.05) is 6.07 Å². The number of amides is 1. The first-order valence-electron chi connectivity index (χ1n) is 8.38. The second-order valence-electron chi connectivity index (χ2n) is 5.98. The fourth-order valence-corrected chi connectivity index (χ4v) is 2.45. The molecule has 0 saturated heterocycles. The lowest BCUT2D eigenvalue weighted by Crippen LogP contribution is -2.23. The largest absolute Gasteiger partial charge is 0.475 e. The molecule has 0 spiro atoms. The van der Waals surface area contributed by atoms with Crippen molar-refractivity contribution in [3.05, 3.63) is 72.3 Å². The summed E-state index contributed by atoms with van der Waals surface area (Å²) in [7, 11) is 0. The number of nitrogens with one attached hydrogen (secondary N) is 1. The van der Waals surface area contributed by atoms with Crippen LogP contribution in [0.3, 0.4) is 0 Å². The van der Waals surface area contributed by atoms with Crippen LogP contribution in [0.4, 0.5) is 0 Å². The van der Waals surface area contributed by atoms with Crippen LogP contribution in [-0.2, 0) is 6.54 Å². The monoisotopic (exact) mass is 348 g/mol. The third-order valence-electron chi connectivity index (χ3n) is 3.64. The Balaban J connectivity index is 1.69. The zero-order valence-corrected chi connectivity index (χ0v) is 14.7. The van der Waals surface area contributed by atoms with Gasteiger partial charge >= 0.3 is 0 Å². The Morgan fingerprint density at radius 1 is 1.08 bits per heavy atom. The zero-order valence-electron chi connectivity index (χ0n) is 14.7. The Labute approximate surface area is 152 Å². The smallest absolute Gasteiger partial charge is 0.253 e. The molecule has 0 fully saturated rings. The van der Waals surface area contributed by atoms with E-state index in [0.29, 0.717) is 18.0 Å². The standard InChI is InChI=1S/C20H20N4O2/c1-14(2)26-18-6-5-17(13-23-18)20(25)24-12-16-4-3-9-22-19(16)15-7-10-21-11-8-15/h3-11,13-14H,12H2,1-2H3,(H,24,25). The van der Waals surface area contributed by atoms with Crippen LogP contribution in [0.2, 0.25) is 0 Å². The molecule has 0 saturated carbocycles. The van der Waals surface area contributed by atoms with E-state index in [1.165, 1.54) is 6.20 Å². The summed E-state index contributed by atoms with van der Waals surface area (Å²) in [6, 6.07) is 11.0. The van der Waals surface area contributed by atoms with Gasteiger partial charge in [0.05, 0.1) is 17.4 Å². The second-order valence-corrected chi connectivity index (χ2v) is 5.98. The van der Waals surface area contributed by atoms with Crippen molar-refractivity contribution in [2.45, 2.75) is 26.5 Å². The molecule has 0 radical (unpaired) electrons. The molecule has 0 aliphatic rings. The number of ether oxygens (including phenoxy) is 1.